The van der Waals surface area contributed by atoms with E-state index in [1.807, 2.05) is 19.0 Å². The second-order valence-corrected chi connectivity index (χ2v) is 4.74. The lowest BCUT2D eigenvalue weighted by atomic mass is 10.2. The van der Waals surface area contributed by atoms with Gasteiger partial charge in [0.25, 0.3) is 5.91 Å². The number of amides is 1. The SMILES string of the molecule is CN(C)C1CCN(C(=O)c2cnc(Cl)nc2)C1. The van der Waals surface area contributed by atoms with E-state index >= 15 is 0 Å². The van der Waals surface area contributed by atoms with Gasteiger partial charge < -0.3 is 9.80 Å². The molecule has 6 heteroatoms. The molecule has 0 aromatic carbocycles. The van der Waals surface area contributed by atoms with Crippen LogP contribution in [0.5, 0.6) is 0 Å². The standard InChI is InChI=1S/C11H15ClN4O/c1-15(2)9-3-4-16(7-9)10(17)8-5-13-11(12)14-6-8/h5-6,9H,3-4,7H2,1-2H3. The maximum absolute atomic E-state index is 12.1. The van der Waals surface area contributed by atoms with Gasteiger partial charge in [0.15, 0.2) is 0 Å². The van der Waals surface area contributed by atoms with Crippen LogP contribution in [0.25, 0.3) is 0 Å². The van der Waals surface area contributed by atoms with E-state index in [1.54, 1.807) is 0 Å². The number of aromatic nitrogens is 2. The molecule has 1 saturated heterocycles. The Kier molecular flexibility index (Phi) is 3.59. The highest BCUT2D eigenvalue weighted by Crippen LogP contribution is 2.16. The Morgan fingerprint density at radius 2 is 2.12 bits per heavy atom. The summed E-state index contributed by atoms with van der Waals surface area (Å²) < 4.78 is 0. The number of likely N-dealkylation sites (tertiary alicyclic amines) is 1. The summed E-state index contributed by atoms with van der Waals surface area (Å²) in [5.41, 5.74) is 0.494. The Balaban J connectivity index is 2.04. The van der Waals surface area contributed by atoms with E-state index in [2.05, 4.69) is 14.9 Å². The Labute approximate surface area is 105 Å². The third-order valence-corrected chi connectivity index (χ3v) is 3.24. The second kappa shape index (κ2) is 4.98. The van der Waals surface area contributed by atoms with Crippen LogP contribution < -0.4 is 0 Å². The average Bonchev–Trinajstić information content (AvgIpc) is 2.78. The van der Waals surface area contributed by atoms with Crippen molar-refractivity contribution in [2.75, 3.05) is 27.2 Å². The Morgan fingerprint density at radius 3 is 2.65 bits per heavy atom. The first-order valence-electron chi connectivity index (χ1n) is 5.51. The van der Waals surface area contributed by atoms with Crippen LogP contribution in [0.2, 0.25) is 5.28 Å². The predicted octanol–water partition coefficient (Wildman–Crippen LogP) is 0.906. The van der Waals surface area contributed by atoms with Crippen LogP contribution in [0.4, 0.5) is 0 Å². The van der Waals surface area contributed by atoms with Gasteiger partial charge in [0.2, 0.25) is 5.28 Å². The van der Waals surface area contributed by atoms with Gasteiger partial charge in [0.05, 0.1) is 5.56 Å². The fourth-order valence-electron chi connectivity index (χ4n) is 1.95. The van der Waals surface area contributed by atoms with E-state index in [1.165, 1.54) is 12.4 Å². The first-order chi connectivity index (χ1) is 8.08. The number of halogens is 1. The van der Waals surface area contributed by atoms with Gasteiger partial charge in [-0.25, -0.2) is 9.97 Å². The lowest BCUT2D eigenvalue weighted by Gasteiger charge is -2.20. The number of hydrogen-bond acceptors (Lipinski definition) is 4. The third-order valence-electron chi connectivity index (χ3n) is 3.05. The highest BCUT2D eigenvalue weighted by atomic mass is 35.5. The van der Waals surface area contributed by atoms with Crippen molar-refractivity contribution in [1.29, 1.82) is 0 Å². The summed E-state index contributed by atoms with van der Waals surface area (Å²) in [6.45, 7) is 1.54. The number of rotatable bonds is 2. The zero-order chi connectivity index (χ0) is 12.4. The molecule has 0 bridgehead atoms. The van der Waals surface area contributed by atoms with Crippen molar-refractivity contribution < 1.29 is 4.79 Å². The van der Waals surface area contributed by atoms with Gasteiger partial charge in [0.1, 0.15) is 0 Å². The van der Waals surface area contributed by atoms with Gasteiger partial charge in [-0.1, -0.05) is 0 Å². The number of hydrogen-bond donors (Lipinski definition) is 0. The molecule has 0 N–H and O–H groups in total. The van der Waals surface area contributed by atoms with Crippen molar-refractivity contribution in [3.05, 3.63) is 23.2 Å². The summed E-state index contributed by atoms with van der Waals surface area (Å²) in [4.78, 5) is 23.7. The molecule has 1 atom stereocenters. The summed E-state index contributed by atoms with van der Waals surface area (Å²) in [6.07, 6.45) is 3.95. The molecule has 1 amide bonds. The quantitative estimate of drug-likeness (QED) is 0.736. The summed E-state index contributed by atoms with van der Waals surface area (Å²) >= 11 is 5.59. The molecule has 1 aromatic rings. The van der Waals surface area contributed by atoms with Crippen molar-refractivity contribution >= 4 is 17.5 Å². The summed E-state index contributed by atoms with van der Waals surface area (Å²) in [7, 11) is 4.06. The van der Waals surface area contributed by atoms with E-state index in [0.29, 0.717) is 11.6 Å². The minimum atomic E-state index is -0.0222. The first-order valence-corrected chi connectivity index (χ1v) is 5.89. The van der Waals surface area contributed by atoms with Crippen LogP contribution in [0, 0.1) is 0 Å². The van der Waals surface area contributed by atoms with Gasteiger partial charge in [0, 0.05) is 31.5 Å². The number of carbonyl (C=O) groups is 1. The normalized spacial score (nSPS) is 20.0. The minimum absolute atomic E-state index is 0.0222. The van der Waals surface area contributed by atoms with Gasteiger partial charge in [-0.05, 0) is 32.1 Å². The summed E-state index contributed by atoms with van der Waals surface area (Å²) in [6, 6.07) is 0.437. The molecule has 0 saturated carbocycles. The lowest BCUT2D eigenvalue weighted by Crippen LogP contribution is -2.34. The summed E-state index contributed by atoms with van der Waals surface area (Å²) in [5, 5.41) is 0.161. The number of carbonyl (C=O) groups excluding carboxylic acids is 1. The molecule has 2 heterocycles. The first kappa shape index (κ1) is 12.3. The largest absolute Gasteiger partial charge is 0.337 e. The summed E-state index contributed by atoms with van der Waals surface area (Å²) in [5.74, 6) is -0.0222. The monoisotopic (exact) mass is 254 g/mol. The smallest absolute Gasteiger partial charge is 0.257 e. The molecular formula is C11H15ClN4O. The molecule has 17 heavy (non-hydrogen) atoms. The molecule has 0 radical (unpaired) electrons. The van der Waals surface area contributed by atoms with Gasteiger partial charge in [-0.3, -0.25) is 4.79 Å². The zero-order valence-corrected chi connectivity index (χ0v) is 10.7. The van der Waals surface area contributed by atoms with E-state index in [9.17, 15) is 4.79 Å². The minimum Gasteiger partial charge on any atom is -0.337 e. The van der Waals surface area contributed by atoms with Crippen molar-refractivity contribution in [1.82, 2.24) is 19.8 Å². The average molecular weight is 255 g/mol. The molecule has 1 unspecified atom stereocenters. The van der Waals surface area contributed by atoms with Crippen molar-refractivity contribution in [3.8, 4) is 0 Å². The molecular weight excluding hydrogens is 240 g/mol. The maximum Gasteiger partial charge on any atom is 0.257 e. The number of nitrogens with zero attached hydrogens (tertiary/aromatic N) is 4. The molecule has 1 aliphatic rings. The number of likely N-dealkylation sites (N-methyl/N-ethyl adjacent to an activating group) is 1. The fraction of sp³-hybridized carbons (Fsp3) is 0.545. The van der Waals surface area contributed by atoms with Crippen LogP contribution in [0.15, 0.2) is 12.4 Å². The van der Waals surface area contributed by atoms with Crippen LogP contribution in [0.1, 0.15) is 16.8 Å². The second-order valence-electron chi connectivity index (χ2n) is 4.40. The Hall–Kier alpha value is -1.20. The topological polar surface area (TPSA) is 49.3 Å². The highest BCUT2D eigenvalue weighted by molar-refractivity contribution is 6.28. The third kappa shape index (κ3) is 2.73. The molecule has 1 aromatic heterocycles. The highest BCUT2D eigenvalue weighted by Gasteiger charge is 2.28. The molecule has 1 fully saturated rings. The molecule has 0 aliphatic carbocycles. The van der Waals surface area contributed by atoms with E-state index < -0.39 is 0 Å². The van der Waals surface area contributed by atoms with Gasteiger partial charge in [-0.15, -0.1) is 0 Å². The van der Waals surface area contributed by atoms with Crippen LogP contribution in [-0.2, 0) is 0 Å². The lowest BCUT2D eigenvalue weighted by molar-refractivity contribution is 0.0782. The van der Waals surface area contributed by atoms with E-state index in [4.69, 9.17) is 11.6 Å². The van der Waals surface area contributed by atoms with Crippen molar-refractivity contribution in [2.45, 2.75) is 12.5 Å². The maximum atomic E-state index is 12.1. The Morgan fingerprint density at radius 1 is 1.47 bits per heavy atom. The molecule has 2 rings (SSSR count). The van der Waals surface area contributed by atoms with Crippen LogP contribution >= 0.6 is 11.6 Å². The van der Waals surface area contributed by atoms with Crippen LogP contribution in [0.3, 0.4) is 0 Å². The van der Waals surface area contributed by atoms with E-state index in [0.717, 1.165) is 19.5 Å². The zero-order valence-electron chi connectivity index (χ0n) is 9.93. The molecule has 1 aliphatic heterocycles. The van der Waals surface area contributed by atoms with Crippen molar-refractivity contribution in [2.24, 2.45) is 0 Å². The van der Waals surface area contributed by atoms with Crippen molar-refractivity contribution in [3.63, 3.8) is 0 Å². The fourth-order valence-corrected chi connectivity index (χ4v) is 2.05. The van der Waals surface area contributed by atoms with Gasteiger partial charge >= 0.3 is 0 Å². The Bertz CT molecular complexity index is 406. The van der Waals surface area contributed by atoms with E-state index in [-0.39, 0.29) is 11.2 Å². The molecule has 0 spiro atoms. The van der Waals surface area contributed by atoms with Gasteiger partial charge in [-0.2, -0.15) is 0 Å². The van der Waals surface area contributed by atoms with Crippen LogP contribution in [-0.4, -0.2) is 58.9 Å². The predicted molar refractivity (Wildman–Crippen MR) is 65.0 cm³/mol. The molecule has 92 valence electrons. The molecule has 5 nitrogen and oxygen atoms in total.